The molecule has 0 fully saturated rings. The Morgan fingerprint density at radius 2 is 1.96 bits per heavy atom. The van der Waals surface area contributed by atoms with Crippen LogP contribution in [0.4, 0.5) is 11.4 Å². The fourth-order valence-corrected chi connectivity index (χ4v) is 2.91. The molecule has 0 saturated carbocycles. The number of rotatable bonds is 7. The number of halogens is 1. The third-order valence-corrected chi connectivity index (χ3v) is 4.46. The molecule has 0 radical (unpaired) electrons. The maximum Gasteiger partial charge on any atom is 0.270 e. The average Bonchev–Trinajstić information content (AvgIpc) is 2.59. The van der Waals surface area contributed by atoms with Gasteiger partial charge in [0.1, 0.15) is 0 Å². The van der Waals surface area contributed by atoms with Gasteiger partial charge in [-0.3, -0.25) is 14.9 Å². The number of nitrogens with one attached hydrogen (secondary N) is 2. The SMILES string of the molecule is CNc1ccc([N+](=O)[O-])cc1C(=O)NCCSc1ccc(Cl)cc1. The van der Waals surface area contributed by atoms with Gasteiger partial charge in [0.15, 0.2) is 0 Å². The van der Waals surface area contributed by atoms with Crippen molar-refractivity contribution in [3.05, 3.63) is 63.2 Å². The number of hydrogen-bond acceptors (Lipinski definition) is 5. The second-order valence-electron chi connectivity index (χ2n) is 4.80. The van der Waals surface area contributed by atoms with Crippen molar-refractivity contribution in [3.8, 4) is 0 Å². The van der Waals surface area contributed by atoms with Crippen molar-refractivity contribution in [2.75, 3.05) is 24.7 Å². The summed E-state index contributed by atoms with van der Waals surface area (Å²) in [6, 6.07) is 11.6. The molecule has 0 unspecified atom stereocenters. The van der Waals surface area contributed by atoms with E-state index in [1.165, 1.54) is 18.2 Å². The summed E-state index contributed by atoms with van der Waals surface area (Å²) in [5.74, 6) is 0.330. The highest BCUT2D eigenvalue weighted by Crippen LogP contribution is 2.22. The van der Waals surface area contributed by atoms with Crippen LogP contribution in [0.25, 0.3) is 0 Å². The quantitative estimate of drug-likeness (QED) is 0.337. The van der Waals surface area contributed by atoms with E-state index in [0.29, 0.717) is 23.0 Å². The van der Waals surface area contributed by atoms with Gasteiger partial charge in [0.05, 0.1) is 10.5 Å². The number of hydrogen-bond donors (Lipinski definition) is 2. The number of nitrogens with zero attached hydrogens (tertiary/aromatic N) is 1. The van der Waals surface area contributed by atoms with Crippen LogP contribution < -0.4 is 10.6 Å². The molecule has 0 saturated heterocycles. The highest BCUT2D eigenvalue weighted by Gasteiger charge is 2.15. The Bertz CT molecular complexity index is 738. The molecular formula is C16H16ClN3O3S. The van der Waals surface area contributed by atoms with Crippen LogP contribution in [-0.2, 0) is 0 Å². The summed E-state index contributed by atoms with van der Waals surface area (Å²) in [4.78, 5) is 23.6. The Morgan fingerprint density at radius 1 is 1.25 bits per heavy atom. The van der Waals surface area contributed by atoms with Gasteiger partial charge in [0.25, 0.3) is 11.6 Å². The molecule has 0 bridgehead atoms. The van der Waals surface area contributed by atoms with Gasteiger partial charge in [-0.05, 0) is 30.3 Å². The Hall–Kier alpha value is -2.25. The summed E-state index contributed by atoms with van der Waals surface area (Å²) in [5, 5.41) is 17.2. The molecule has 0 heterocycles. The predicted molar refractivity (Wildman–Crippen MR) is 97.2 cm³/mol. The zero-order chi connectivity index (χ0) is 17.5. The molecule has 24 heavy (non-hydrogen) atoms. The number of nitro groups is 1. The summed E-state index contributed by atoms with van der Waals surface area (Å²) in [5.41, 5.74) is 0.682. The number of thioether (sulfide) groups is 1. The van der Waals surface area contributed by atoms with E-state index >= 15 is 0 Å². The molecule has 0 aromatic heterocycles. The molecule has 0 spiro atoms. The topological polar surface area (TPSA) is 84.3 Å². The first kappa shape index (κ1) is 18.1. The van der Waals surface area contributed by atoms with Crippen molar-refractivity contribution in [2.24, 2.45) is 0 Å². The molecule has 2 aromatic carbocycles. The molecule has 2 rings (SSSR count). The maximum absolute atomic E-state index is 12.3. The van der Waals surface area contributed by atoms with Crippen molar-refractivity contribution in [1.82, 2.24) is 5.32 Å². The lowest BCUT2D eigenvalue weighted by Gasteiger charge is -2.10. The Morgan fingerprint density at radius 3 is 2.58 bits per heavy atom. The van der Waals surface area contributed by atoms with E-state index < -0.39 is 4.92 Å². The van der Waals surface area contributed by atoms with Gasteiger partial charge >= 0.3 is 0 Å². The number of non-ortho nitro benzene ring substituents is 1. The van der Waals surface area contributed by atoms with Gasteiger partial charge in [0, 0.05) is 47.1 Å². The lowest BCUT2D eigenvalue weighted by molar-refractivity contribution is -0.384. The van der Waals surface area contributed by atoms with Gasteiger partial charge in [-0.15, -0.1) is 11.8 Å². The van der Waals surface area contributed by atoms with E-state index in [9.17, 15) is 14.9 Å². The van der Waals surface area contributed by atoms with Crippen LogP contribution in [0.3, 0.4) is 0 Å². The fraction of sp³-hybridized carbons (Fsp3) is 0.188. The minimum atomic E-state index is -0.521. The van der Waals surface area contributed by atoms with Crippen molar-refractivity contribution < 1.29 is 9.72 Å². The molecule has 0 atom stereocenters. The van der Waals surface area contributed by atoms with Crippen LogP contribution in [0.5, 0.6) is 0 Å². The van der Waals surface area contributed by atoms with Crippen LogP contribution in [-0.4, -0.2) is 30.2 Å². The number of nitro benzene ring substituents is 1. The van der Waals surface area contributed by atoms with Crippen molar-refractivity contribution in [3.63, 3.8) is 0 Å². The molecule has 0 aliphatic heterocycles. The number of benzene rings is 2. The van der Waals surface area contributed by atoms with Crippen LogP contribution in [0.15, 0.2) is 47.4 Å². The number of amides is 1. The van der Waals surface area contributed by atoms with Gasteiger partial charge in [-0.2, -0.15) is 0 Å². The maximum atomic E-state index is 12.3. The smallest absolute Gasteiger partial charge is 0.270 e. The van der Waals surface area contributed by atoms with E-state index in [-0.39, 0.29) is 17.2 Å². The predicted octanol–water partition coefficient (Wildman–Crippen LogP) is 3.81. The van der Waals surface area contributed by atoms with E-state index in [1.54, 1.807) is 18.8 Å². The molecule has 8 heteroatoms. The van der Waals surface area contributed by atoms with Gasteiger partial charge in [-0.1, -0.05) is 11.6 Å². The molecule has 2 aromatic rings. The summed E-state index contributed by atoms with van der Waals surface area (Å²) in [6.45, 7) is 0.442. The second kappa shape index (κ2) is 8.56. The first-order valence-corrected chi connectivity index (χ1v) is 8.50. The highest BCUT2D eigenvalue weighted by molar-refractivity contribution is 7.99. The molecule has 6 nitrogen and oxygen atoms in total. The summed E-state index contributed by atoms with van der Waals surface area (Å²) >= 11 is 7.41. The summed E-state index contributed by atoms with van der Waals surface area (Å²) < 4.78 is 0. The average molecular weight is 366 g/mol. The first-order valence-electron chi connectivity index (χ1n) is 7.14. The van der Waals surface area contributed by atoms with Gasteiger partial charge in [0.2, 0.25) is 0 Å². The van der Waals surface area contributed by atoms with E-state index in [2.05, 4.69) is 10.6 Å². The Labute approximate surface area is 148 Å². The number of carbonyl (C=O) groups is 1. The molecule has 126 valence electrons. The van der Waals surface area contributed by atoms with Gasteiger partial charge in [-0.25, -0.2) is 0 Å². The lowest BCUT2D eigenvalue weighted by atomic mass is 10.1. The highest BCUT2D eigenvalue weighted by atomic mass is 35.5. The number of anilines is 1. The van der Waals surface area contributed by atoms with E-state index in [0.717, 1.165) is 4.90 Å². The monoisotopic (exact) mass is 365 g/mol. The third kappa shape index (κ3) is 4.87. The van der Waals surface area contributed by atoms with Crippen molar-refractivity contribution >= 4 is 40.6 Å². The summed E-state index contributed by atoms with van der Waals surface area (Å²) in [6.07, 6.45) is 0. The third-order valence-electron chi connectivity index (χ3n) is 3.20. The molecule has 0 aliphatic rings. The van der Waals surface area contributed by atoms with Crippen LogP contribution in [0, 0.1) is 10.1 Å². The van der Waals surface area contributed by atoms with E-state index in [4.69, 9.17) is 11.6 Å². The molecular weight excluding hydrogens is 350 g/mol. The standard InChI is InChI=1S/C16H16ClN3O3S/c1-18-15-7-4-12(20(22)23)10-14(15)16(21)19-8-9-24-13-5-2-11(17)3-6-13/h2-7,10,18H,8-9H2,1H3,(H,19,21). The normalized spacial score (nSPS) is 10.2. The van der Waals surface area contributed by atoms with Crippen LogP contribution >= 0.6 is 23.4 Å². The Kier molecular flexibility index (Phi) is 6.45. The zero-order valence-corrected chi connectivity index (χ0v) is 14.5. The van der Waals surface area contributed by atoms with Crippen molar-refractivity contribution in [1.29, 1.82) is 0 Å². The van der Waals surface area contributed by atoms with Crippen LogP contribution in [0.1, 0.15) is 10.4 Å². The number of carbonyl (C=O) groups excluding carboxylic acids is 1. The minimum absolute atomic E-state index is 0.116. The molecule has 0 aliphatic carbocycles. The first-order chi connectivity index (χ1) is 11.5. The minimum Gasteiger partial charge on any atom is -0.387 e. The Balaban J connectivity index is 1.93. The second-order valence-corrected chi connectivity index (χ2v) is 6.40. The largest absolute Gasteiger partial charge is 0.387 e. The lowest BCUT2D eigenvalue weighted by Crippen LogP contribution is -2.26. The molecule has 2 N–H and O–H groups in total. The van der Waals surface area contributed by atoms with E-state index in [1.807, 2.05) is 24.3 Å². The molecule has 1 amide bonds. The summed E-state index contributed by atoms with van der Waals surface area (Å²) in [7, 11) is 1.66. The van der Waals surface area contributed by atoms with Gasteiger partial charge < -0.3 is 10.6 Å². The van der Waals surface area contributed by atoms with Crippen molar-refractivity contribution in [2.45, 2.75) is 4.90 Å². The fourth-order valence-electron chi connectivity index (χ4n) is 2.01. The zero-order valence-electron chi connectivity index (χ0n) is 12.9. The van der Waals surface area contributed by atoms with Crippen LogP contribution in [0.2, 0.25) is 5.02 Å².